The highest BCUT2D eigenvalue weighted by Crippen LogP contribution is 2.44. The number of rotatable bonds is 2. The molecule has 1 unspecified atom stereocenters. The van der Waals surface area contributed by atoms with E-state index in [4.69, 9.17) is 32.7 Å². The largest absolute Gasteiger partial charge is 0.467 e. The molecule has 2 fully saturated rings. The van der Waals surface area contributed by atoms with E-state index in [-0.39, 0.29) is 0 Å². The van der Waals surface area contributed by atoms with Gasteiger partial charge in [0.15, 0.2) is 10.9 Å². The Labute approximate surface area is 128 Å². The molecule has 7 heteroatoms. The Morgan fingerprint density at radius 2 is 1.90 bits per heavy atom. The summed E-state index contributed by atoms with van der Waals surface area (Å²) in [7, 11) is 1.29. The van der Waals surface area contributed by atoms with Crippen LogP contribution in [0.5, 0.6) is 0 Å². The summed E-state index contributed by atoms with van der Waals surface area (Å²) >= 11 is 11.5. The van der Waals surface area contributed by atoms with Crippen LogP contribution in [0.1, 0.15) is 39.0 Å². The van der Waals surface area contributed by atoms with Crippen molar-refractivity contribution in [3.63, 3.8) is 0 Å². The third-order valence-corrected chi connectivity index (χ3v) is 4.44. The van der Waals surface area contributed by atoms with Crippen molar-refractivity contribution in [2.45, 2.75) is 61.7 Å². The van der Waals surface area contributed by atoms with Crippen LogP contribution in [0.25, 0.3) is 0 Å². The average Bonchev–Trinajstić information content (AvgIpc) is 2.69. The first-order valence-corrected chi connectivity index (χ1v) is 7.67. The van der Waals surface area contributed by atoms with Gasteiger partial charge in [-0.15, -0.1) is 0 Å². The number of amides is 1. The van der Waals surface area contributed by atoms with E-state index in [1.165, 1.54) is 12.0 Å². The number of hydrogen-bond acceptors (Lipinski definition) is 4. The van der Waals surface area contributed by atoms with Crippen LogP contribution in [-0.2, 0) is 19.1 Å². The highest BCUT2D eigenvalue weighted by molar-refractivity contribution is 6.53. The molecule has 1 aliphatic heterocycles. The van der Waals surface area contributed by atoms with Crippen molar-refractivity contribution in [1.29, 1.82) is 0 Å². The fourth-order valence-electron chi connectivity index (χ4n) is 3.25. The molecule has 0 aromatic carbocycles. The van der Waals surface area contributed by atoms with E-state index >= 15 is 0 Å². The minimum absolute atomic E-state index is 0.434. The monoisotopic (exact) mass is 323 g/mol. The molecule has 2 aliphatic rings. The van der Waals surface area contributed by atoms with Gasteiger partial charge >= 0.3 is 5.97 Å². The number of methoxy groups -OCH3 is 1. The summed E-state index contributed by atoms with van der Waals surface area (Å²) in [6, 6.07) is -0.786. The molecule has 0 aromatic heterocycles. The highest BCUT2D eigenvalue weighted by Gasteiger charge is 2.57. The Kier molecular flexibility index (Phi) is 4.82. The summed E-state index contributed by atoms with van der Waals surface area (Å²) in [6.45, 7) is 1.77. The van der Waals surface area contributed by atoms with Crippen LogP contribution in [0.4, 0.5) is 0 Å². The van der Waals surface area contributed by atoms with E-state index in [9.17, 15) is 9.59 Å². The van der Waals surface area contributed by atoms with Crippen LogP contribution in [0.3, 0.4) is 0 Å². The first-order valence-electron chi connectivity index (χ1n) is 6.80. The van der Waals surface area contributed by atoms with Gasteiger partial charge in [0.05, 0.1) is 13.2 Å². The molecule has 2 atom stereocenters. The zero-order valence-electron chi connectivity index (χ0n) is 11.6. The molecular weight excluding hydrogens is 305 g/mol. The fraction of sp³-hybridized carbons (Fsp3) is 0.846. The maximum Gasteiger partial charge on any atom is 0.331 e. The first-order chi connectivity index (χ1) is 9.43. The fourth-order valence-corrected chi connectivity index (χ4v) is 3.46. The molecule has 0 aromatic rings. The van der Waals surface area contributed by atoms with Gasteiger partial charge in [0.2, 0.25) is 0 Å². The molecule has 1 saturated heterocycles. The number of hydrogen-bond donors (Lipinski definition) is 0. The summed E-state index contributed by atoms with van der Waals surface area (Å²) < 4.78 is 10.8. The third kappa shape index (κ3) is 2.63. The molecule has 0 N–H and O–H groups in total. The summed E-state index contributed by atoms with van der Waals surface area (Å²) in [6.07, 6.45) is 3.93. The Bertz CT molecular complexity index is 396. The van der Waals surface area contributed by atoms with Crippen LogP contribution in [0, 0.1) is 0 Å². The van der Waals surface area contributed by atoms with Crippen LogP contribution < -0.4 is 0 Å². The number of halogens is 2. The molecular formula is C13H19Cl2NO4. The van der Waals surface area contributed by atoms with E-state index < -0.39 is 34.6 Å². The number of alkyl halides is 2. The van der Waals surface area contributed by atoms with Crippen molar-refractivity contribution >= 4 is 35.1 Å². The molecule has 1 heterocycles. The van der Waals surface area contributed by atoms with Gasteiger partial charge in [0, 0.05) is 0 Å². The zero-order valence-corrected chi connectivity index (χ0v) is 13.1. The predicted octanol–water partition coefficient (Wildman–Crippen LogP) is 2.24. The van der Waals surface area contributed by atoms with Crippen molar-refractivity contribution in [1.82, 2.24) is 4.90 Å². The number of carbonyl (C=O) groups excluding carboxylic acids is 2. The Hall–Kier alpha value is -0.520. The molecule has 1 aliphatic carbocycles. The molecule has 2 rings (SSSR count). The van der Waals surface area contributed by atoms with Crippen LogP contribution in [0.15, 0.2) is 0 Å². The van der Waals surface area contributed by atoms with Gasteiger partial charge in [-0.3, -0.25) is 9.69 Å². The average molecular weight is 324 g/mol. The zero-order chi connectivity index (χ0) is 14.9. The second kappa shape index (κ2) is 6.08. The smallest absolute Gasteiger partial charge is 0.331 e. The van der Waals surface area contributed by atoms with Gasteiger partial charge in [-0.25, -0.2) is 4.79 Å². The minimum atomic E-state index is -1.21. The van der Waals surface area contributed by atoms with Crippen molar-refractivity contribution in [3.05, 3.63) is 0 Å². The second-order valence-corrected chi connectivity index (χ2v) is 6.40. The Morgan fingerprint density at radius 1 is 1.30 bits per heavy atom. The quantitative estimate of drug-likeness (QED) is 0.577. The summed E-state index contributed by atoms with van der Waals surface area (Å²) in [5.74, 6) is -0.989. The minimum Gasteiger partial charge on any atom is -0.467 e. The molecule has 114 valence electrons. The van der Waals surface area contributed by atoms with Crippen molar-refractivity contribution < 1.29 is 19.1 Å². The van der Waals surface area contributed by atoms with E-state index in [0.29, 0.717) is 12.8 Å². The van der Waals surface area contributed by atoms with Gasteiger partial charge in [0.1, 0.15) is 5.72 Å². The third-order valence-electron chi connectivity index (χ3n) is 4.07. The first kappa shape index (κ1) is 15.9. The molecule has 5 nitrogen and oxygen atoms in total. The van der Waals surface area contributed by atoms with Gasteiger partial charge in [0.25, 0.3) is 5.91 Å². The lowest BCUT2D eigenvalue weighted by Gasteiger charge is -2.41. The SMILES string of the molecule is COC(=O)[C@@H]1C(C)OC2(CCCCC2)N1C(=O)C(Cl)Cl. The van der Waals surface area contributed by atoms with Gasteiger partial charge in [-0.1, -0.05) is 29.6 Å². The highest BCUT2D eigenvalue weighted by atomic mass is 35.5. The van der Waals surface area contributed by atoms with Crippen molar-refractivity contribution in [2.75, 3.05) is 7.11 Å². The van der Waals surface area contributed by atoms with Crippen LogP contribution in [0.2, 0.25) is 0 Å². The van der Waals surface area contributed by atoms with Gasteiger partial charge < -0.3 is 9.47 Å². The standard InChI is InChI=1S/C13H19Cl2NO4/c1-8-9(12(18)19-2)16(11(17)10(14)15)13(20-8)6-4-3-5-7-13/h8-10H,3-7H2,1-2H3/t8?,9-/m0/s1. The molecule has 1 amide bonds. The predicted molar refractivity (Wildman–Crippen MR) is 74.5 cm³/mol. The Balaban J connectivity index is 2.37. The maximum atomic E-state index is 12.4. The maximum absolute atomic E-state index is 12.4. The van der Waals surface area contributed by atoms with Crippen LogP contribution in [-0.4, -0.2) is 46.6 Å². The molecule has 0 bridgehead atoms. The van der Waals surface area contributed by atoms with E-state index in [2.05, 4.69) is 0 Å². The lowest BCUT2D eigenvalue weighted by atomic mass is 9.90. The summed E-state index contributed by atoms with van der Waals surface area (Å²) in [5, 5.41) is 0. The molecule has 20 heavy (non-hydrogen) atoms. The van der Waals surface area contributed by atoms with Crippen molar-refractivity contribution in [3.8, 4) is 0 Å². The number of carbonyl (C=O) groups is 2. The topological polar surface area (TPSA) is 55.8 Å². The Morgan fingerprint density at radius 3 is 2.40 bits per heavy atom. The van der Waals surface area contributed by atoms with Gasteiger partial charge in [-0.05, 0) is 32.6 Å². The number of nitrogens with zero attached hydrogens (tertiary/aromatic N) is 1. The van der Waals surface area contributed by atoms with Gasteiger partial charge in [-0.2, -0.15) is 0 Å². The summed E-state index contributed by atoms with van der Waals surface area (Å²) in [4.78, 5) is 24.6. The lowest BCUT2D eigenvalue weighted by molar-refractivity contribution is -0.164. The van der Waals surface area contributed by atoms with E-state index in [0.717, 1.165) is 19.3 Å². The number of esters is 1. The second-order valence-electron chi connectivity index (χ2n) is 5.31. The van der Waals surface area contributed by atoms with E-state index in [1.807, 2.05) is 0 Å². The van der Waals surface area contributed by atoms with Crippen LogP contribution >= 0.6 is 23.2 Å². The van der Waals surface area contributed by atoms with E-state index in [1.54, 1.807) is 6.92 Å². The lowest BCUT2D eigenvalue weighted by Crippen LogP contribution is -2.56. The molecule has 0 radical (unpaired) electrons. The van der Waals surface area contributed by atoms with Crippen molar-refractivity contribution in [2.24, 2.45) is 0 Å². The normalized spacial score (nSPS) is 28.9. The number of ether oxygens (including phenoxy) is 2. The molecule has 1 spiro atoms. The summed E-state index contributed by atoms with van der Waals surface area (Å²) in [5.41, 5.74) is -0.768. The molecule has 1 saturated carbocycles.